The van der Waals surface area contributed by atoms with Crippen LogP contribution in [0.5, 0.6) is 0 Å². The predicted molar refractivity (Wildman–Crippen MR) is 66.0 cm³/mol. The second kappa shape index (κ2) is 8.86. The molecule has 0 aromatic heterocycles. The molecule has 1 atom stereocenters. The van der Waals surface area contributed by atoms with Gasteiger partial charge in [0, 0.05) is 18.2 Å². The van der Waals surface area contributed by atoms with Gasteiger partial charge in [0.25, 0.3) is 0 Å². The quantitative estimate of drug-likeness (QED) is 0.631. The van der Waals surface area contributed by atoms with Crippen molar-refractivity contribution < 1.29 is 19.5 Å². The number of thioether (sulfide) groups is 1. The third-order valence-corrected chi connectivity index (χ3v) is 2.75. The van der Waals surface area contributed by atoms with Crippen molar-refractivity contribution in [2.75, 3.05) is 12.0 Å². The lowest BCUT2D eigenvalue weighted by Gasteiger charge is -2.15. The van der Waals surface area contributed by atoms with E-state index in [1.807, 2.05) is 13.2 Å². The number of carboxylic acid groups (broad SMARTS) is 1. The van der Waals surface area contributed by atoms with Crippen molar-refractivity contribution in [3.05, 3.63) is 0 Å². The first-order valence-electron chi connectivity index (χ1n) is 5.30. The Balaban J connectivity index is 3.91. The summed E-state index contributed by atoms with van der Waals surface area (Å²) < 4.78 is 0. The van der Waals surface area contributed by atoms with Gasteiger partial charge in [-0.25, -0.2) is 4.79 Å². The van der Waals surface area contributed by atoms with Gasteiger partial charge in [-0.2, -0.15) is 11.8 Å². The topological polar surface area (TPSA) is 95.5 Å². The van der Waals surface area contributed by atoms with E-state index in [9.17, 15) is 14.4 Å². The van der Waals surface area contributed by atoms with Crippen LogP contribution >= 0.6 is 11.8 Å². The van der Waals surface area contributed by atoms with Crippen molar-refractivity contribution in [2.24, 2.45) is 0 Å². The van der Waals surface area contributed by atoms with Gasteiger partial charge >= 0.3 is 12.0 Å². The molecule has 98 valence electrons. The normalized spacial score (nSPS) is 11.6. The molecule has 0 saturated carbocycles. The van der Waals surface area contributed by atoms with E-state index in [2.05, 4.69) is 10.6 Å². The lowest BCUT2D eigenvalue weighted by molar-refractivity contribution is -0.138. The first-order chi connectivity index (χ1) is 7.99. The van der Waals surface area contributed by atoms with E-state index in [-0.39, 0.29) is 18.9 Å². The molecule has 0 rings (SSSR count). The van der Waals surface area contributed by atoms with Crippen LogP contribution in [0.25, 0.3) is 0 Å². The molecule has 17 heavy (non-hydrogen) atoms. The summed E-state index contributed by atoms with van der Waals surface area (Å²) >= 11 is 1.60. The molecule has 0 bridgehead atoms. The van der Waals surface area contributed by atoms with Gasteiger partial charge in [-0.1, -0.05) is 6.92 Å². The third kappa shape index (κ3) is 8.56. The van der Waals surface area contributed by atoms with Crippen molar-refractivity contribution in [1.29, 1.82) is 0 Å². The zero-order chi connectivity index (χ0) is 13.3. The molecule has 7 heteroatoms. The Bertz CT molecular complexity index is 283. The number of carbonyl (C=O) groups excluding carboxylic acids is 2. The van der Waals surface area contributed by atoms with E-state index in [1.165, 1.54) is 0 Å². The minimum absolute atomic E-state index is 0.0114. The molecule has 0 heterocycles. The standard InChI is InChI=1S/C10H18N2O4S/c1-3-7(6-17-2)11-10(16)12-8(13)4-5-9(14)15/h7H,3-6H2,1-2H3,(H,14,15)(H2,11,12,13,16). The number of amides is 3. The lowest BCUT2D eigenvalue weighted by atomic mass is 10.2. The summed E-state index contributed by atoms with van der Waals surface area (Å²) in [5.41, 5.74) is 0. The molecule has 3 N–H and O–H groups in total. The maximum absolute atomic E-state index is 11.3. The number of imide groups is 1. The summed E-state index contributed by atoms with van der Waals surface area (Å²) in [4.78, 5) is 32.7. The van der Waals surface area contributed by atoms with Crippen molar-refractivity contribution in [3.8, 4) is 0 Å². The highest BCUT2D eigenvalue weighted by atomic mass is 32.2. The van der Waals surface area contributed by atoms with Crippen LogP contribution in [0.2, 0.25) is 0 Å². The van der Waals surface area contributed by atoms with Gasteiger partial charge in [-0.3, -0.25) is 14.9 Å². The fraction of sp³-hybridized carbons (Fsp3) is 0.700. The zero-order valence-corrected chi connectivity index (χ0v) is 10.8. The number of carbonyl (C=O) groups is 3. The van der Waals surface area contributed by atoms with E-state index >= 15 is 0 Å². The van der Waals surface area contributed by atoms with Gasteiger partial charge in [0.1, 0.15) is 0 Å². The Labute approximate surface area is 105 Å². The molecular weight excluding hydrogens is 244 g/mol. The smallest absolute Gasteiger partial charge is 0.321 e. The van der Waals surface area contributed by atoms with Crippen LogP contribution in [0.15, 0.2) is 0 Å². The number of aliphatic carboxylic acids is 1. The highest BCUT2D eigenvalue weighted by Gasteiger charge is 2.13. The zero-order valence-electron chi connectivity index (χ0n) is 9.99. The van der Waals surface area contributed by atoms with Crippen LogP contribution in [-0.2, 0) is 9.59 Å². The Morgan fingerprint density at radius 3 is 2.41 bits per heavy atom. The molecule has 6 nitrogen and oxygen atoms in total. The molecule has 3 amide bonds. The fourth-order valence-corrected chi connectivity index (χ4v) is 1.82. The van der Waals surface area contributed by atoms with Crippen LogP contribution in [0.4, 0.5) is 4.79 Å². The number of nitrogens with one attached hydrogen (secondary N) is 2. The molecule has 0 aromatic rings. The van der Waals surface area contributed by atoms with Gasteiger partial charge in [0.15, 0.2) is 0 Å². The SMILES string of the molecule is CCC(CSC)NC(=O)NC(=O)CCC(=O)O. The van der Waals surface area contributed by atoms with E-state index < -0.39 is 17.9 Å². The molecule has 0 aliphatic carbocycles. The summed E-state index contributed by atoms with van der Waals surface area (Å²) in [5, 5.41) is 13.1. The molecular formula is C10H18N2O4S. The van der Waals surface area contributed by atoms with Crippen molar-refractivity contribution in [3.63, 3.8) is 0 Å². The van der Waals surface area contributed by atoms with E-state index in [4.69, 9.17) is 5.11 Å². The van der Waals surface area contributed by atoms with Crippen LogP contribution in [0.3, 0.4) is 0 Å². The van der Waals surface area contributed by atoms with Crippen LogP contribution in [0, 0.1) is 0 Å². The molecule has 0 aliphatic rings. The number of urea groups is 1. The summed E-state index contributed by atoms with van der Waals surface area (Å²) in [6.07, 6.45) is 2.24. The molecule has 0 aromatic carbocycles. The molecule has 0 fully saturated rings. The third-order valence-electron chi connectivity index (χ3n) is 2.01. The monoisotopic (exact) mass is 262 g/mol. The Hall–Kier alpha value is -1.24. The van der Waals surface area contributed by atoms with Crippen molar-refractivity contribution >= 4 is 29.7 Å². The largest absolute Gasteiger partial charge is 0.481 e. The first kappa shape index (κ1) is 15.8. The van der Waals surface area contributed by atoms with Crippen molar-refractivity contribution in [1.82, 2.24) is 10.6 Å². The molecule has 0 spiro atoms. The Kier molecular flexibility index (Phi) is 8.21. The van der Waals surface area contributed by atoms with E-state index in [1.54, 1.807) is 11.8 Å². The number of rotatable bonds is 7. The van der Waals surface area contributed by atoms with E-state index in [0.29, 0.717) is 0 Å². The lowest BCUT2D eigenvalue weighted by Crippen LogP contribution is -2.45. The van der Waals surface area contributed by atoms with Gasteiger partial charge in [-0.05, 0) is 12.7 Å². The maximum Gasteiger partial charge on any atom is 0.321 e. The first-order valence-corrected chi connectivity index (χ1v) is 6.70. The fourth-order valence-electron chi connectivity index (χ4n) is 1.09. The van der Waals surface area contributed by atoms with Gasteiger partial charge < -0.3 is 10.4 Å². The predicted octanol–water partition coefficient (Wildman–Crippen LogP) is 0.819. The van der Waals surface area contributed by atoms with Crippen LogP contribution < -0.4 is 10.6 Å². The Morgan fingerprint density at radius 2 is 1.94 bits per heavy atom. The molecule has 1 unspecified atom stereocenters. The average Bonchev–Trinajstić information content (AvgIpc) is 2.25. The highest BCUT2D eigenvalue weighted by Crippen LogP contribution is 2.00. The molecule has 0 aliphatic heterocycles. The Morgan fingerprint density at radius 1 is 1.29 bits per heavy atom. The van der Waals surface area contributed by atoms with Gasteiger partial charge in [0.2, 0.25) is 5.91 Å². The average molecular weight is 262 g/mol. The minimum Gasteiger partial charge on any atom is -0.481 e. The summed E-state index contributed by atoms with van der Waals surface area (Å²) in [6, 6.07) is -0.557. The second-order valence-corrected chi connectivity index (χ2v) is 4.39. The number of carboxylic acids is 1. The minimum atomic E-state index is -1.06. The second-order valence-electron chi connectivity index (χ2n) is 3.48. The maximum atomic E-state index is 11.3. The van der Waals surface area contributed by atoms with Crippen molar-refractivity contribution in [2.45, 2.75) is 32.2 Å². The van der Waals surface area contributed by atoms with Gasteiger partial charge in [0.05, 0.1) is 6.42 Å². The summed E-state index contributed by atoms with van der Waals surface area (Å²) in [7, 11) is 0. The number of hydrogen-bond acceptors (Lipinski definition) is 4. The molecule has 0 radical (unpaired) electrons. The summed E-state index contributed by atoms with van der Waals surface area (Å²) in [5.74, 6) is -0.869. The molecule has 0 saturated heterocycles. The number of hydrogen-bond donors (Lipinski definition) is 3. The van der Waals surface area contributed by atoms with Crippen LogP contribution in [0.1, 0.15) is 26.2 Å². The summed E-state index contributed by atoms with van der Waals surface area (Å²) in [6.45, 7) is 1.94. The van der Waals surface area contributed by atoms with Crippen LogP contribution in [-0.4, -0.2) is 41.1 Å². The van der Waals surface area contributed by atoms with Gasteiger partial charge in [-0.15, -0.1) is 0 Å². The van der Waals surface area contributed by atoms with E-state index in [0.717, 1.165) is 12.2 Å². The highest BCUT2D eigenvalue weighted by molar-refractivity contribution is 7.98.